The van der Waals surface area contributed by atoms with Crippen LogP contribution in [0.4, 0.5) is 18.9 Å². The highest BCUT2D eigenvalue weighted by atomic mass is 19.4. The van der Waals surface area contributed by atoms with Gasteiger partial charge in [-0.25, -0.2) is 0 Å². The van der Waals surface area contributed by atoms with E-state index in [1.165, 1.54) is 6.07 Å². The zero-order valence-corrected chi connectivity index (χ0v) is 15.2. The predicted molar refractivity (Wildman–Crippen MR) is 94.6 cm³/mol. The molecule has 150 valence electrons. The fourth-order valence-electron chi connectivity index (χ4n) is 2.68. The van der Waals surface area contributed by atoms with Gasteiger partial charge in [0.05, 0.1) is 18.8 Å². The Kier molecular flexibility index (Phi) is 7.61. The Balaban J connectivity index is 1.98. The molecule has 0 aliphatic carbocycles. The van der Waals surface area contributed by atoms with Gasteiger partial charge >= 0.3 is 6.18 Å². The zero-order chi connectivity index (χ0) is 19.9. The maximum atomic E-state index is 13.1. The first-order valence-electron chi connectivity index (χ1n) is 8.90. The largest absolute Gasteiger partial charge is 0.416 e. The highest BCUT2D eigenvalue weighted by molar-refractivity contribution is 5.97. The number of rotatable bonds is 7. The fraction of sp³-hybridized carbons (Fsp3) is 0.556. The molecule has 0 saturated carbocycles. The van der Waals surface area contributed by atoms with Crippen LogP contribution < -0.4 is 10.6 Å². The number of amides is 2. The third-order valence-corrected chi connectivity index (χ3v) is 4.17. The normalized spacial score (nSPS) is 15.4. The minimum absolute atomic E-state index is 0.0462. The SMILES string of the molecule is CCC(=O)Nc1cc(C(=O)NCCCN2CCOCC2)cc(C(F)(F)F)c1. The summed E-state index contributed by atoms with van der Waals surface area (Å²) < 4.78 is 44.5. The molecule has 6 nitrogen and oxygen atoms in total. The summed E-state index contributed by atoms with van der Waals surface area (Å²) in [6.07, 6.45) is -3.80. The third-order valence-electron chi connectivity index (χ3n) is 4.17. The van der Waals surface area contributed by atoms with Gasteiger partial charge in [0, 0.05) is 37.3 Å². The van der Waals surface area contributed by atoms with Crippen molar-refractivity contribution in [1.29, 1.82) is 0 Å². The number of carbonyl (C=O) groups is 2. The van der Waals surface area contributed by atoms with Gasteiger partial charge in [-0.2, -0.15) is 13.2 Å². The van der Waals surface area contributed by atoms with Crippen molar-refractivity contribution in [3.05, 3.63) is 29.3 Å². The molecule has 1 aromatic carbocycles. The summed E-state index contributed by atoms with van der Waals surface area (Å²) in [6, 6.07) is 2.86. The number of nitrogens with one attached hydrogen (secondary N) is 2. The molecule has 1 aliphatic rings. The fourth-order valence-corrected chi connectivity index (χ4v) is 2.68. The first-order chi connectivity index (χ1) is 12.8. The second kappa shape index (κ2) is 9.70. The molecule has 0 aromatic heterocycles. The average molecular weight is 387 g/mol. The quantitative estimate of drug-likeness (QED) is 0.706. The number of nitrogens with zero attached hydrogens (tertiary/aromatic N) is 1. The van der Waals surface area contributed by atoms with Gasteiger partial charge in [-0.05, 0) is 31.2 Å². The average Bonchev–Trinajstić information content (AvgIpc) is 2.64. The summed E-state index contributed by atoms with van der Waals surface area (Å²) in [5.74, 6) is -1.03. The second-order valence-electron chi connectivity index (χ2n) is 6.26. The van der Waals surface area contributed by atoms with Crippen LogP contribution in [0.5, 0.6) is 0 Å². The molecule has 1 aromatic rings. The summed E-state index contributed by atoms with van der Waals surface area (Å²) in [4.78, 5) is 25.9. The molecular weight excluding hydrogens is 363 g/mol. The van der Waals surface area contributed by atoms with Crippen molar-refractivity contribution >= 4 is 17.5 Å². The molecule has 2 rings (SSSR count). The van der Waals surface area contributed by atoms with Crippen molar-refractivity contribution in [2.45, 2.75) is 25.9 Å². The number of benzene rings is 1. The number of ether oxygens (including phenoxy) is 1. The van der Waals surface area contributed by atoms with Crippen LogP contribution in [0.2, 0.25) is 0 Å². The van der Waals surface area contributed by atoms with Crippen molar-refractivity contribution in [1.82, 2.24) is 10.2 Å². The van der Waals surface area contributed by atoms with E-state index in [2.05, 4.69) is 15.5 Å². The number of hydrogen-bond donors (Lipinski definition) is 2. The van der Waals surface area contributed by atoms with Gasteiger partial charge in [-0.1, -0.05) is 6.92 Å². The minimum Gasteiger partial charge on any atom is -0.379 e. The number of anilines is 1. The molecule has 1 saturated heterocycles. The molecule has 0 atom stereocenters. The van der Waals surface area contributed by atoms with E-state index in [-0.39, 0.29) is 17.7 Å². The molecule has 9 heteroatoms. The van der Waals surface area contributed by atoms with E-state index in [4.69, 9.17) is 4.74 Å². The first kappa shape index (κ1) is 21.2. The summed E-state index contributed by atoms with van der Waals surface area (Å²) in [6.45, 7) is 5.76. The van der Waals surface area contributed by atoms with Crippen LogP contribution >= 0.6 is 0 Å². The first-order valence-corrected chi connectivity index (χ1v) is 8.90. The van der Waals surface area contributed by atoms with Crippen molar-refractivity contribution < 1.29 is 27.5 Å². The Morgan fingerprint density at radius 1 is 1.19 bits per heavy atom. The second-order valence-corrected chi connectivity index (χ2v) is 6.26. The van der Waals surface area contributed by atoms with Crippen LogP contribution in [-0.2, 0) is 15.7 Å². The number of alkyl halides is 3. The summed E-state index contributed by atoms with van der Waals surface area (Å²) >= 11 is 0. The van der Waals surface area contributed by atoms with E-state index in [0.717, 1.165) is 31.8 Å². The Labute approximate surface area is 156 Å². The standard InChI is InChI=1S/C18H24F3N3O3/c1-2-16(25)23-15-11-13(10-14(12-15)18(19,20)21)17(26)22-4-3-5-24-6-8-27-9-7-24/h10-12H,2-9H2,1H3,(H,22,26)(H,23,25). The predicted octanol–water partition coefficient (Wildman–Crippen LogP) is 2.51. The molecule has 1 aliphatic heterocycles. The van der Waals surface area contributed by atoms with Crippen molar-refractivity contribution in [3.8, 4) is 0 Å². The molecule has 27 heavy (non-hydrogen) atoms. The molecule has 0 unspecified atom stereocenters. The lowest BCUT2D eigenvalue weighted by molar-refractivity contribution is -0.137. The van der Waals surface area contributed by atoms with Crippen LogP contribution in [-0.4, -0.2) is 56.1 Å². The van der Waals surface area contributed by atoms with Crippen molar-refractivity contribution in [2.24, 2.45) is 0 Å². The monoisotopic (exact) mass is 387 g/mol. The van der Waals surface area contributed by atoms with E-state index < -0.39 is 23.6 Å². The highest BCUT2D eigenvalue weighted by Crippen LogP contribution is 2.32. The van der Waals surface area contributed by atoms with Crippen molar-refractivity contribution in [2.75, 3.05) is 44.7 Å². The van der Waals surface area contributed by atoms with Crippen LogP contribution in [0.15, 0.2) is 18.2 Å². The Morgan fingerprint density at radius 3 is 2.52 bits per heavy atom. The highest BCUT2D eigenvalue weighted by Gasteiger charge is 2.32. The topological polar surface area (TPSA) is 70.7 Å². The molecule has 0 spiro atoms. The van der Waals surface area contributed by atoms with Gasteiger partial charge in [0.25, 0.3) is 5.91 Å². The maximum Gasteiger partial charge on any atom is 0.416 e. The molecule has 2 amide bonds. The molecule has 2 N–H and O–H groups in total. The minimum atomic E-state index is -4.61. The number of carbonyl (C=O) groups excluding carboxylic acids is 2. The molecule has 1 fully saturated rings. The zero-order valence-electron chi connectivity index (χ0n) is 15.2. The van der Waals surface area contributed by atoms with E-state index in [1.54, 1.807) is 6.92 Å². The van der Waals surface area contributed by atoms with Gasteiger partial charge in [-0.15, -0.1) is 0 Å². The van der Waals surface area contributed by atoms with E-state index in [1.807, 2.05) is 0 Å². The summed E-state index contributed by atoms with van der Waals surface area (Å²) in [5.41, 5.74) is -1.16. The van der Waals surface area contributed by atoms with E-state index >= 15 is 0 Å². The van der Waals surface area contributed by atoms with Gasteiger partial charge in [-0.3, -0.25) is 14.5 Å². The lowest BCUT2D eigenvalue weighted by atomic mass is 10.1. The third kappa shape index (κ3) is 6.84. The molecule has 0 radical (unpaired) electrons. The number of hydrogen-bond acceptors (Lipinski definition) is 4. The Bertz CT molecular complexity index is 659. The molecule has 1 heterocycles. The Hall–Kier alpha value is -2.13. The summed E-state index contributed by atoms with van der Waals surface area (Å²) in [7, 11) is 0. The van der Waals surface area contributed by atoms with Crippen molar-refractivity contribution in [3.63, 3.8) is 0 Å². The van der Waals surface area contributed by atoms with Crippen LogP contribution in [0.25, 0.3) is 0 Å². The van der Waals surface area contributed by atoms with E-state index in [9.17, 15) is 22.8 Å². The van der Waals surface area contributed by atoms with Gasteiger partial charge in [0.1, 0.15) is 0 Å². The lowest BCUT2D eigenvalue weighted by Gasteiger charge is -2.26. The maximum absolute atomic E-state index is 13.1. The molecular formula is C18H24F3N3O3. The van der Waals surface area contributed by atoms with Gasteiger partial charge < -0.3 is 15.4 Å². The van der Waals surface area contributed by atoms with Crippen LogP contribution in [0.3, 0.4) is 0 Å². The van der Waals surface area contributed by atoms with E-state index in [0.29, 0.717) is 26.2 Å². The Morgan fingerprint density at radius 2 is 1.89 bits per heavy atom. The number of morpholine rings is 1. The van der Waals surface area contributed by atoms with Gasteiger partial charge in [0.2, 0.25) is 5.91 Å². The molecule has 0 bridgehead atoms. The van der Waals surface area contributed by atoms with Crippen LogP contribution in [0, 0.1) is 0 Å². The lowest BCUT2D eigenvalue weighted by Crippen LogP contribution is -2.38. The van der Waals surface area contributed by atoms with Gasteiger partial charge in [0.15, 0.2) is 0 Å². The van der Waals surface area contributed by atoms with Crippen LogP contribution in [0.1, 0.15) is 35.7 Å². The summed E-state index contributed by atoms with van der Waals surface area (Å²) in [5, 5.41) is 5.01. The smallest absolute Gasteiger partial charge is 0.379 e. The number of halogens is 3.